The van der Waals surface area contributed by atoms with Crippen LogP contribution in [0.5, 0.6) is 11.5 Å². The summed E-state index contributed by atoms with van der Waals surface area (Å²) in [4.78, 5) is 12.0. The Morgan fingerprint density at radius 2 is 2.11 bits per heavy atom. The fourth-order valence-electron chi connectivity index (χ4n) is 2.59. The van der Waals surface area contributed by atoms with Crippen molar-refractivity contribution in [3.8, 4) is 11.5 Å². The molecular formula is C15H21NO3. The largest absolute Gasteiger partial charge is 0.504 e. The first-order chi connectivity index (χ1) is 9.22. The number of nitrogens with one attached hydrogen (secondary N) is 1. The number of phenols is 1. The molecule has 1 amide bonds. The lowest BCUT2D eigenvalue weighted by molar-refractivity contribution is 0.0940. The molecular weight excluding hydrogens is 242 g/mol. The van der Waals surface area contributed by atoms with Gasteiger partial charge in [-0.15, -0.1) is 0 Å². The lowest BCUT2D eigenvalue weighted by atomic mass is 9.89. The Morgan fingerprint density at radius 1 is 1.37 bits per heavy atom. The molecule has 0 atom stereocenters. The summed E-state index contributed by atoms with van der Waals surface area (Å²) < 4.78 is 5.00. The maximum Gasteiger partial charge on any atom is 0.255 e. The Bertz CT molecular complexity index is 439. The SMILES string of the molecule is COc1cccc(C(=O)NCC2CCCCC2)c1O. The Kier molecular flexibility index (Phi) is 4.66. The zero-order valence-corrected chi connectivity index (χ0v) is 11.3. The molecule has 0 unspecified atom stereocenters. The van der Waals surface area contributed by atoms with Gasteiger partial charge in [-0.1, -0.05) is 25.3 Å². The van der Waals surface area contributed by atoms with Crippen LogP contribution in [0, 0.1) is 5.92 Å². The first-order valence-corrected chi connectivity index (χ1v) is 6.86. The molecule has 0 aliphatic heterocycles. The molecule has 1 aliphatic carbocycles. The normalized spacial score (nSPS) is 16.1. The topological polar surface area (TPSA) is 58.6 Å². The van der Waals surface area contributed by atoms with Crippen molar-refractivity contribution in [3.63, 3.8) is 0 Å². The molecule has 0 saturated heterocycles. The van der Waals surface area contributed by atoms with Crippen molar-refractivity contribution in [2.45, 2.75) is 32.1 Å². The number of methoxy groups -OCH3 is 1. The van der Waals surface area contributed by atoms with Crippen molar-refractivity contribution >= 4 is 5.91 Å². The average molecular weight is 263 g/mol. The second-order valence-corrected chi connectivity index (χ2v) is 5.07. The highest BCUT2D eigenvalue weighted by atomic mass is 16.5. The molecule has 1 aromatic carbocycles. The van der Waals surface area contributed by atoms with E-state index in [-0.39, 0.29) is 17.2 Å². The van der Waals surface area contributed by atoms with E-state index in [4.69, 9.17) is 4.74 Å². The van der Waals surface area contributed by atoms with Crippen LogP contribution in [0.3, 0.4) is 0 Å². The van der Waals surface area contributed by atoms with Gasteiger partial charge in [0.1, 0.15) is 0 Å². The summed E-state index contributed by atoms with van der Waals surface area (Å²) in [7, 11) is 1.47. The zero-order chi connectivity index (χ0) is 13.7. The van der Waals surface area contributed by atoms with Gasteiger partial charge in [0.05, 0.1) is 12.7 Å². The molecule has 0 bridgehead atoms. The molecule has 104 valence electrons. The number of aromatic hydroxyl groups is 1. The molecule has 4 nitrogen and oxygen atoms in total. The van der Waals surface area contributed by atoms with Gasteiger partial charge in [-0.3, -0.25) is 4.79 Å². The Morgan fingerprint density at radius 3 is 2.79 bits per heavy atom. The van der Waals surface area contributed by atoms with Crippen LogP contribution in [-0.2, 0) is 0 Å². The minimum Gasteiger partial charge on any atom is -0.504 e. The van der Waals surface area contributed by atoms with E-state index in [0.29, 0.717) is 18.2 Å². The monoisotopic (exact) mass is 263 g/mol. The molecule has 2 rings (SSSR count). The number of para-hydroxylation sites is 1. The van der Waals surface area contributed by atoms with E-state index in [1.54, 1.807) is 18.2 Å². The third kappa shape index (κ3) is 3.40. The molecule has 0 spiro atoms. The third-order valence-electron chi connectivity index (χ3n) is 3.74. The molecule has 0 heterocycles. The number of hydrogen-bond acceptors (Lipinski definition) is 3. The van der Waals surface area contributed by atoms with Crippen molar-refractivity contribution in [1.29, 1.82) is 0 Å². The van der Waals surface area contributed by atoms with E-state index in [2.05, 4.69) is 5.32 Å². The van der Waals surface area contributed by atoms with Gasteiger partial charge in [-0.25, -0.2) is 0 Å². The van der Waals surface area contributed by atoms with Crippen LogP contribution >= 0.6 is 0 Å². The van der Waals surface area contributed by atoms with Gasteiger partial charge in [0.15, 0.2) is 11.5 Å². The van der Waals surface area contributed by atoms with Gasteiger partial charge in [0.2, 0.25) is 0 Å². The van der Waals surface area contributed by atoms with Crippen molar-refractivity contribution in [1.82, 2.24) is 5.32 Å². The van der Waals surface area contributed by atoms with E-state index >= 15 is 0 Å². The lowest BCUT2D eigenvalue weighted by Crippen LogP contribution is -2.30. The molecule has 4 heteroatoms. The van der Waals surface area contributed by atoms with Gasteiger partial charge >= 0.3 is 0 Å². The summed E-state index contributed by atoms with van der Waals surface area (Å²) in [6.07, 6.45) is 6.19. The van der Waals surface area contributed by atoms with E-state index < -0.39 is 0 Å². The fourth-order valence-corrected chi connectivity index (χ4v) is 2.59. The summed E-state index contributed by atoms with van der Waals surface area (Å²) in [6.45, 7) is 0.690. The van der Waals surface area contributed by atoms with Gasteiger partial charge in [0, 0.05) is 6.54 Å². The highest BCUT2D eigenvalue weighted by Crippen LogP contribution is 2.29. The number of amides is 1. The molecule has 2 N–H and O–H groups in total. The Balaban J connectivity index is 1.95. The quantitative estimate of drug-likeness (QED) is 0.878. The summed E-state index contributed by atoms with van der Waals surface area (Å²) in [5.74, 6) is 0.573. The lowest BCUT2D eigenvalue weighted by Gasteiger charge is -2.21. The van der Waals surface area contributed by atoms with E-state index in [1.807, 2.05) is 0 Å². The van der Waals surface area contributed by atoms with Crippen molar-refractivity contribution < 1.29 is 14.6 Å². The van der Waals surface area contributed by atoms with Gasteiger partial charge in [-0.2, -0.15) is 0 Å². The van der Waals surface area contributed by atoms with Crippen molar-refractivity contribution in [2.75, 3.05) is 13.7 Å². The second kappa shape index (κ2) is 6.45. The van der Waals surface area contributed by atoms with Crippen LogP contribution in [0.1, 0.15) is 42.5 Å². The van der Waals surface area contributed by atoms with Crippen LogP contribution in [0.15, 0.2) is 18.2 Å². The molecule has 0 aromatic heterocycles. The maximum absolute atomic E-state index is 12.0. The first-order valence-electron chi connectivity index (χ1n) is 6.86. The van der Waals surface area contributed by atoms with E-state index in [9.17, 15) is 9.90 Å². The number of phenolic OH excluding ortho intramolecular Hbond substituents is 1. The third-order valence-corrected chi connectivity index (χ3v) is 3.74. The maximum atomic E-state index is 12.0. The number of carbonyl (C=O) groups excluding carboxylic acids is 1. The smallest absolute Gasteiger partial charge is 0.255 e. The van der Waals surface area contributed by atoms with Crippen molar-refractivity contribution in [3.05, 3.63) is 23.8 Å². The number of benzene rings is 1. The van der Waals surface area contributed by atoms with Gasteiger partial charge in [0.25, 0.3) is 5.91 Å². The van der Waals surface area contributed by atoms with Crippen molar-refractivity contribution in [2.24, 2.45) is 5.92 Å². The van der Waals surface area contributed by atoms with Crippen LogP contribution in [0.25, 0.3) is 0 Å². The second-order valence-electron chi connectivity index (χ2n) is 5.07. The summed E-state index contributed by atoms with van der Waals surface area (Å²) in [6, 6.07) is 4.94. The van der Waals surface area contributed by atoms with Crippen LogP contribution < -0.4 is 10.1 Å². The highest BCUT2D eigenvalue weighted by molar-refractivity contribution is 5.97. The van der Waals surface area contributed by atoms with Crippen LogP contribution in [0.2, 0.25) is 0 Å². The molecule has 19 heavy (non-hydrogen) atoms. The molecule has 1 saturated carbocycles. The Labute approximate surface area is 113 Å². The fraction of sp³-hybridized carbons (Fsp3) is 0.533. The van der Waals surface area contributed by atoms with Crippen LogP contribution in [0.4, 0.5) is 0 Å². The predicted molar refractivity (Wildman–Crippen MR) is 73.6 cm³/mol. The number of hydrogen-bond donors (Lipinski definition) is 2. The van der Waals surface area contributed by atoms with Gasteiger partial charge in [-0.05, 0) is 30.9 Å². The summed E-state index contributed by atoms with van der Waals surface area (Å²) in [5, 5.41) is 12.8. The number of rotatable bonds is 4. The first kappa shape index (κ1) is 13.7. The summed E-state index contributed by atoms with van der Waals surface area (Å²) in [5.41, 5.74) is 0.273. The molecule has 1 aromatic rings. The average Bonchev–Trinajstić information content (AvgIpc) is 2.46. The predicted octanol–water partition coefficient (Wildman–Crippen LogP) is 2.71. The highest BCUT2D eigenvalue weighted by Gasteiger charge is 2.17. The van der Waals surface area contributed by atoms with E-state index in [1.165, 1.54) is 39.2 Å². The van der Waals surface area contributed by atoms with Gasteiger partial charge < -0.3 is 15.2 Å². The van der Waals surface area contributed by atoms with Crippen LogP contribution in [-0.4, -0.2) is 24.7 Å². The van der Waals surface area contributed by atoms with E-state index in [0.717, 1.165) is 0 Å². The minimum atomic E-state index is -0.234. The zero-order valence-electron chi connectivity index (χ0n) is 11.3. The number of carbonyl (C=O) groups is 1. The molecule has 0 radical (unpaired) electrons. The minimum absolute atomic E-state index is 0.0915. The number of ether oxygens (including phenoxy) is 1. The molecule has 1 fully saturated rings. The Hall–Kier alpha value is -1.71. The summed E-state index contributed by atoms with van der Waals surface area (Å²) >= 11 is 0. The standard InChI is InChI=1S/C15H21NO3/c1-19-13-9-5-8-12(14(13)17)15(18)16-10-11-6-3-2-4-7-11/h5,8-9,11,17H,2-4,6-7,10H2,1H3,(H,16,18). The molecule has 1 aliphatic rings.